The standard InChI is InChI=1S/C12H12ClF3N2O2/c1-2-10(19)17-6-11(20)18-9-4-3-7(13)5-8(9)12(14,15)16/h3-5H,2,6H2,1H3,(H,17,19)(H,18,20). The van der Waals surface area contributed by atoms with E-state index >= 15 is 0 Å². The number of benzene rings is 1. The molecule has 0 fully saturated rings. The van der Waals surface area contributed by atoms with E-state index in [4.69, 9.17) is 11.6 Å². The SMILES string of the molecule is CCC(=O)NCC(=O)Nc1ccc(Cl)cc1C(F)(F)F. The summed E-state index contributed by atoms with van der Waals surface area (Å²) < 4.78 is 38.3. The van der Waals surface area contributed by atoms with E-state index in [9.17, 15) is 22.8 Å². The molecule has 0 spiro atoms. The summed E-state index contributed by atoms with van der Waals surface area (Å²) in [5, 5.41) is 4.27. The Morgan fingerprint density at radius 2 is 1.90 bits per heavy atom. The third-order valence-electron chi connectivity index (χ3n) is 2.33. The molecule has 0 bridgehead atoms. The fraction of sp³-hybridized carbons (Fsp3) is 0.333. The normalized spacial score (nSPS) is 11.1. The molecule has 0 heterocycles. The molecule has 2 N–H and O–H groups in total. The van der Waals surface area contributed by atoms with E-state index in [2.05, 4.69) is 10.6 Å². The van der Waals surface area contributed by atoms with Gasteiger partial charge in [-0.25, -0.2) is 0 Å². The molecule has 0 aromatic heterocycles. The summed E-state index contributed by atoms with van der Waals surface area (Å²) in [7, 11) is 0. The lowest BCUT2D eigenvalue weighted by Crippen LogP contribution is -2.32. The number of anilines is 1. The molecule has 0 aliphatic rings. The van der Waals surface area contributed by atoms with Crippen molar-refractivity contribution in [3.63, 3.8) is 0 Å². The van der Waals surface area contributed by atoms with Gasteiger partial charge in [-0.3, -0.25) is 9.59 Å². The Bertz CT molecular complexity index is 518. The van der Waals surface area contributed by atoms with Gasteiger partial charge in [0.1, 0.15) is 0 Å². The Hall–Kier alpha value is -1.76. The number of rotatable bonds is 4. The van der Waals surface area contributed by atoms with Gasteiger partial charge in [0.05, 0.1) is 17.8 Å². The van der Waals surface area contributed by atoms with E-state index in [1.165, 1.54) is 6.07 Å². The largest absolute Gasteiger partial charge is 0.418 e. The van der Waals surface area contributed by atoms with Crippen molar-refractivity contribution in [2.45, 2.75) is 19.5 Å². The highest BCUT2D eigenvalue weighted by molar-refractivity contribution is 6.30. The molecular formula is C12H12ClF3N2O2. The van der Waals surface area contributed by atoms with Gasteiger partial charge in [0.25, 0.3) is 0 Å². The van der Waals surface area contributed by atoms with Crippen molar-refractivity contribution in [2.75, 3.05) is 11.9 Å². The molecule has 110 valence electrons. The summed E-state index contributed by atoms with van der Waals surface area (Å²) in [6, 6.07) is 3.02. The molecule has 0 saturated carbocycles. The van der Waals surface area contributed by atoms with Crippen molar-refractivity contribution in [2.24, 2.45) is 0 Å². The van der Waals surface area contributed by atoms with Crippen molar-refractivity contribution in [1.82, 2.24) is 5.32 Å². The van der Waals surface area contributed by atoms with Crippen LogP contribution in [0.2, 0.25) is 5.02 Å². The predicted octanol–water partition coefficient (Wildman–Crippen LogP) is 2.82. The second-order valence-electron chi connectivity index (χ2n) is 3.87. The summed E-state index contributed by atoms with van der Waals surface area (Å²) in [6.45, 7) is 1.20. The molecule has 0 aliphatic heterocycles. The van der Waals surface area contributed by atoms with Crippen LogP contribution in [0.1, 0.15) is 18.9 Å². The van der Waals surface area contributed by atoms with E-state index in [0.717, 1.165) is 12.1 Å². The van der Waals surface area contributed by atoms with Gasteiger partial charge in [-0.2, -0.15) is 13.2 Å². The van der Waals surface area contributed by atoms with Crippen LogP contribution < -0.4 is 10.6 Å². The molecule has 1 aromatic rings. The number of hydrogen-bond acceptors (Lipinski definition) is 2. The van der Waals surface area contributed by atoms with E-state index in [-0.39, 0.29) is 17.4 Å². The van der Waals surface area contributed by atoms with Crippen molar-refractivity contribution < 1.29 is 22.8 Å². The predicted molar refractivity (Wildman–Crippen MR) is 68.4 cm³/mol. The van der Waals surface area contributed by atoms with Crippen molar-refractivity contribution in [3.8, 4) is 0 Å². The molecule has 0 saturated heterocycles. The molecule has 8 heteroatoms. The lowest BCUT2D eigenvalue weighted by molar-refractivity contribution is -0.137. The Kier molecular flexibility index (Phi) is 5.38. The zero-order chi connectivity index (χ0) is 15.3. The average Bonchev–Trinajstić information content (AvgIpc) is 2.36. The number of nitrogens with one attached hydrogen (secondary N) is 2. The van der Waals surface area contributed by atoms with Gasteiger partial charge >= 0.3 is 6.18 Å². The average molecular weight is 309 g/mol. The van der Waals surface area contributed by atoms with E-state index in [1.54, 1.807) is 6.92 Å². The first-order valence-electron chi connectivity index (χ1n) is 5.67. The second kappa shape index (κ2) is 6.60. The molecule has 4 nitrogen and oxygen atoms in total. The highest BCUT2D eigenvalue weighted by Crippen LogP contribution is 2.36. The molecule has 20 heavy (non-hydrogen) atoms. The van der Waals surface area contributed by atoms with Gasteiger partial charge in [0.15, 0.2) is 0 Å². The maximum absolute atomic E-state index is 12.8. The van der Waals surface area contributed by atoms with E-state index in [1.807, 2.05) is 0 Å². The Balaban J connectivity index is 2.82. The fourth-order valence-electron chi connectivity index (χ4n) is 1.36. The Morgan fingerprint density at radius 3 is 2.45 bits per heavy atom. The number of amides is 2. The van der Waals surface area contributed by atoms with Crippen molar-refractivity contribution >= 4 is 29.1 Å². The summed E-state index contributed by atoms with van der Waals surface area (Å²) in [5.41, 5.74) is -1.45. The summed E-state index contributed by atoms with van der Waals surface area (Å²) >= 11 is 5.51. The zero-order valence-electron chi connectivity index (χ0n) is 10.5. The quantitative estimate of drug-likeness (QED) is 0.898. The highest BCUT2D eigenvalue weighted by Gasteiger charge is 2.34. The van der Waals surface area contributed by atoms with Gasteiger partial charge < -0.3 is 10.6 Å². The van der Waals surface area contributed by atoms with Crippen LogP contribution in [-0.2, 0) is 15.8 Å². The van der Waals surface area contributed by atoms with Gasteiger partial charge in [-0.1, -0.05) is 18.5 Å². The van der Waals surface area contributed by atoms with Crippen LogP contribution in [0.4, 0.5) is 18.9 Å². The summed E-state index contributed by atoms with van der Waals surface area (Å²) in [4.78, 5) is 22.4. The molecular weight excluding hydrogens is 297 g/mol. The first kappa shape index (κ1) is 16.3. The summed E-state index contributed by atoms with van der Waals surface area (Å²) in [6.07, 6.45) is -4.46. The number of hydrogen-bond donors (Lipinski definition) is 2. The lowest BCUT2D eigenvalue weighted by Gasteiger charge is -2.14. The minimum absolute atomic E-state index is 0.0883. The molecule has 2 amide bonds. The smallest absolute Gasteiger partial charge is 0.347 e. The lowest BCUT2D eigenvalue weighted by atomic mass is 10.1. The minimum Gasteiger partial charge on any atom is -0.347 e. The Labute approximate surface area is 118 Å². The molecule has 0 atom stereocenters. The Morgan fingerprint density at radius 1 is 1.25 bits per heavy atom. The van der Waals surface area contributed by atoms with Crippen LogP contribution in [0.3, 0.4) is 0 Å². The zero-order valence-corrected chi connectivity index (χ0v) is 11.2. The number of alkyl halides is 3. The van der Waals surface area contributed by atoms with Crippen LogP contribution in [0.15, 0.2) is 18.2 Å². The maximum atomic E-state index is 12.8. The van der Waals surface area contributed by atoms with Gasteiger partial charge in [-0.05, 0) is 18.2 Å². The fourth-order valence-corrected chi connectivity index (χ4v) is 1.53. The topological polar surface area (TPSA) is 58.2 Å². The van der Waals surface area contributed by atoms with E-state index in [0.29, 0.717) is 0 Å². The number of carbonyl (C=O) groups is 2. The number of halogens is 4. The molecule has 1 rings (SSSR count). The van der Waals surface area contributed by atoms with Gasteiger partial charge in [0.2, 0.25) is 11.8 Å². The molecule has 0 unspecified atom stereocenters. The third kappa shape index (κ3) is 4.73. The maximum Gasteiger partial charge on any atom is 0.418 e. The van der Waals surface area contributed by atoms with Crippen molar-refractivity contribution in [1.29, 1.82) is 0 Å². The van der Waals surface area contributed by atoms with Crippen LogP contribution in [0, 0.1) is 0 Å². The third-order valence-corrected chi connectivity index (χ3v) is 2.56. The first-order valence-corrected chi connectivity index (χ1v) is 6.05. The van der Waals surface area contributed by atoms with Gasteiger partial charge in [0, 0.05) is 11.4 Å². The van der Waals surface area contributed by atoms with Crippen LogP contribution in [0.5, 0.6) is 0 Å². The first-order chi connectivity index (χ1) is 9.24. The molecule has 0 radical (unpaired) electrons. The molecule has 1 aromatic carbocycles. The van der Waals surface area contributed by atoms with Crippen LogP contribution >= 0.6 is 11.6 Å². The van der Waals surface area contributed by atoms with Crippen LogP contribution in [0.25, 0.3) is 0 Å². The molecule has 0 aliphatic carbocycles. The van der Waals surface area contributed by atoms with Crippen LogP contribution in [-0.4, -0.2) is 18.4 Å². The monoisotopic (exact) mass is 308 g/mol. The second-order valence-corrected chi connectivity index (χ2v) is 4.30. The summed E-state index contributed by atoms with van der Waals surface area (Å²) in [5.74, 6) is -1.12. The van der Waals surface area contributed by atoms with E-state index < -0.39 is 29.9 Å². The van der Waals surface area contributed by atoms with Crippen molar-refractivity contribution in [3.05, 3.63) is 28.8 Å². The van der Waals surface area contributed by atoms with Gasteiger partial charge in [-0.15, -0.1) is 0 Å². The highest BCUT2D eigenvalue weighted by atomic mass is 35.5. The minimum atomic E-state index is -4.64. The number of carbonyl (C=O) groups excluding carboxylic acids is 2.